The Bertz CT molecular complexity index is 420. The van der Waals surface area contributed by atoms with E-state index in [2.05, 4.69) is 17.2 Å². The first-order chi connectivity index (χ1) is 8.63. The molecule has 0 aromatic carbocycles. The Morgan fingerprint density at radius 1 is 1.39 bits per heavy atom. The van der Waals surface area contributed by atoms with E-state index in [1.807, 2.05) is 11.6 Å². The molecule has 1 N–H and O–H groups in total. The van der Waals surface area contributed by atoms with Crippen LogP contribution in [-0.2, 0) is 6.42 Å². The van der Waals surface area contributed by atoms with Gasteiger partial charge in [0.15, 0.2) is 5.69 Å². The lowest BCUT2D eigenvalue weighted by molar-refractivity contribution is 0.0689. The average molecular weight is 251 g/mol. The van der Waals surface area contributed by atoms with Gasteiger partial charge in [0.05, 0.1) is 11.7 Å². The van der Waals surface area contributed by atoms with E-state index in [1.165, 1.54) is 12.8 Å². The predicted molar refractivity (Wildman–Crippen MR) is 67.6 cm³/mol. The number of nitrogens with zero attached hydrogens (tertiary/aromatic N) is 3. The Hall–Kier alpha value is -1.39. The SMILES string of the molecule is CCCc1c(C(=O)O)nnn1C1CCC(C)CC1. The third-order valence-corrected chi connectivity index (χ3v) is 3.81. The van der Waals surface area contributed by atoms with Crippen molar-refractivity contribution in [3.8, 4) is 0 Å². The second kappa shape index (κ2) is 5.50. The number of hydrogen-bond acceptors (Lipinski definition) is 3. The number of aromatic nitrogens is 3. The molecule has 0 bridgehead atoms. The highest BCUT2D eigenvalue weighted by Gasteiger charge is 2.26. The molecule has 0 amide bonds. The molecule has 0 saturated heterocycles. The zero-order valence-electron chi connectivity index (χ0n) is 11.1. The molecule has 0 unspecified atom stereocenters. The summed E-state index contributed by atoms with van der Waals surface area (Å²) in [4.78, 5) is 11.1. The summed E-state index contributed by atoms with van der Waals surface area (Å²) in [6.07, 6.45) is 6.20. The van der Waals surface area contributed by atoms with Crippen LogP contribution in [0.15, 0.2) is 0 Å². The minimum atomic E-state index is -0.964. The third kappa shape index (κ3) is 2.54. The maximum absolute atomic E-state index is 11.1. The van der Waals surface area contributed by atoms with Gasteiger partial charge in [-0.05, 0) is 38.0 Å². The van der Waals surface area contributed by atoms with Gasteiger partial charge in [-0.15, -0.1) is 5.10 Å². The smallest absolute Gasteiger partial charge is 0.358 e. The molecule has 1 aromatic rings. The van der Waals surface area contributed by atoms with Crippen molar-refractivity contribution in [2.75, 3.05) is 0 Å². The molecule has 0 radical (unpaired) electrons. The molecule has 18 heavy (non-hydrogen) atoms. The predicted octanol–water partition coefficient (Wildman–Crippen LogP) is 2.68. The molecule has 5 nitrogen and oxygen atoms in total. The molecule has 2 rings (SSSR count). The monoisotopic (exact) mass is 251 g/mol. The standard InChI is InChI=1S/C13H21N3O2/c1-3-4-11-12(13(17)18)14-15-16(11)10-7-5-9(2)6-8-10/h9-10H,3-8H2,1-2H3,(H,17,18). The number of aromatic carboxylic acids is 1. The number of carboxylic acids is 1. The first-order valence-corrected chi connectivity index (χ1v) is 6.80. The van der Waals surface area contributed by atoms with Crippen molar-refractivity contribution in [3.63, 3.8) is 0 Å². The van der Waals surface area contributed by atoms with Crippen LogP contribution in [0, 0.1) is 5.92 Å². The van der Waals surface area contributed by atoms with Crippen molar-refractivity contribution < 1.29 is 9.90 Å². The topological polar surface area (TPSA) is 68.0 Å². The van der Waals surface area contributed by atoms with Crippen LogP contribution in [-0.4, -0.2) is 26.1 Å². The zero-order chi connectivity index (χ0) is 13.1. The summed E-state index contributed by atoms with van der Waals surface area (Å²) in [5.41, 5.74) is 0.931. The lowest BCUT2D eigenvalue weighted by Gasteiger charge is -2.27. The van der Waals surface area contributed by atoms with Gasteiger partial charge in [-0.2, -0.15) is 0 Å². The van der Waals surface area contributed by atoms with Crippen molar-refractivity contribution in [1.82, 2.24) is 15.0 Å². The molecule has 1 fully saturated rings. The molecular weight excluding hydrogens is 230 g/mol. The van der Waals surface area contributed by atoms with E-state index in [9.17, 15) is 4.79 Å². The number of carbonyl (C=O) groups is 1. The van der Waals surface area contributed by atoms with Gasteiger partial charge < -0.3 is 5.11 Å². The van der Waals surface area contributed by atoms with Crippen LogP contribution >= 0.6 is 0 Å². The van der Waals surface area contributed by atoms with Crippen molar-refractivity contribution in [3.05, 3.63) is 11.4 Å². The lowest BCUT2D eigenvalue weighted by atomic mass is 9.87. The molecule has 1 saturated carbocycles. The summed E-state index contributed by atoms with van der Waals surface area (Å²) in [5, 5.41) is 17.1. The van der Waals surface area contributed by atoms with Gasteiger partial charge in [-0.25, -0.2) is 9.48 Å². The van der Waals surface area contributed by atoms with E-state index in [0.717, 1.165) is 37.3 Å². The van der Waals surface area contributed by atoms with Crippen LogP contribution in [0.4, 0.5) is 0 Å². The van der Waals surface area contributed by atoms with Crippen molar-refractivity contribution >= 4 is 5.97 Å². The van der Waals surface area contributed by atoms with E-state index >= 15 is 0 Å². The average Bonchev–Trinajstić information content (AvgIpc) is 2.74. The van der Waals surface area contributed by atoms with E-state index in [4.69, 9.17) is 5.11 Å². The normalized spacial score (nSPS) is 24.1. The molecular formula is C13H21N3O2. The molecule has 1 heterocycles. The highest BCUT2D eigenvalue weighted by atomic mass is 16.4. The van der Waals surface area contributed by atoms with Crippen LogP contribution in [0.5, 0.6) is 0 Å². The highest BCUT2D eigenvalue weighted by Crippen LogP contribution is 2.32. The fraction of sp³-hybridized carbons (Fsp3) is 0.769. The van der Waals surface area contributed by atoms with Crippen LogP contribution in [0.3, 0.4) is 0 Å². The van der Waals surface area contributed by atoms with Crippen LogP contribution in [0.2, 0.25) is 0 Å². The minimum absolute atomic E-state index is 0.135. The van der Waals surface area contributed by atoms with E-state index in [-0.39, 0.29) is 5.69 Å². The Kier molecular flexibility index (Phi) is 3.99. The molecule has 1 aliphatic rings. The summed E-state index contributed by atoms with van der Waals surface area (Å²) in [5.74, 6) is -0.188. The van der Waals surface area contributed by atoms with E-state index < -0.39 is 5.97 Å². The Morgan fingerprint density at radius 2 is 2.06 bits per heavy atom. The molecule has 100 valence electrons. The molecule has 0 atom stereocenters. The summed E-state index contributed by atoms with van der Waals surface area (Å²) < 4.78 is 1.87. The number of rotatable bonds is 4. The number of hydrogen-bond donors (Lipinski definition) is 1. The van der Waals surface area contributed by atoms with Crippen LogP contribution in [0.25, 0.3) is 0 Å². The summed E-state index contributed by atoms with van der Waals surface area (Å²) >= 11 is 0. The fourth-order valence-electron chi connectivity index (χ4n) is 2.73. The quantitative estimate of drug-likeness (QED) is 0.893. The largest absolute Gasteiger partial charge is 0.476 e. The van der Waals surface area contributed by atoms with Crippen molar-refractivity contribution in [1.29, 1.82) is 0 Å². The minimum Gasteiger partial charge on any atom is -0.476 e. The fourth-order valence-corrected chi connectivity index (χ4v) is 2.73. The van der Waals surface area contributed by atoms with Crippen molar-refractivity contribution in [2.45, 2.75) is 58.4 Å². The van der Waals surface area contributed by atoms with Gasteiger partial charge in [-0.3, -0.25) is 0 Å². The maximum atomic E-state index is 11.1. The lowest BCUT2D eigenvalue weighted by Crippen LogP contribution is -2.20. The molecule has 1 aromatic heterocycles. The molecule has 1 aliphatic carbocycles. The van der Waals surface area contributed by atoms with Crippen LogP contribution < -0.4 is 0 Å². The molecule has 5 heteroatoms. The van der Waals surface area contributed by atoms with Gasteiger partial charge >= 0.3 is 5.97 Å². The third-order valence-electron chi connectivity index (χ3n) is 3.81. The molecule has 0 spiro atoms. The highest BCUT2D eigenvalue weighted by molar-refractivity contribution is 5.86. The summed E-state index contributed by atoms with van der Waals surface area (Å²) in [6, 6.07) is 0.336. The molecule has 0 aliphatic heterocycles. The zero-order valence-corrected chi connectivity index (χ0v) is 11.1. The summed E-state index contributed by atoms with van der Waals surface area (Å²) in [6.45, 7) is 4.32. The van der Waals surface area contributed by atoms with Gasteiger partial charge in [0.1, 0.15) is 0 Å². The first kappa shape index (κ1) is 13.1. The number of carboxylic acid groups (broad SMARTS) is 1. The Labute approximate surface area is 107 Å². The van der Waals surface area contributed by atoms with E-state index in [1.54, 1.807) is 0 Å². The van der Waals surface area contributed by atoms with E-state index in [0.29, 0.717) is 6.04 Å². The Morgan fingerprint density at radius 3 is 2.61 bits per heavy atom. The summed E-state index contributed by atoms with van der Waals surface area (Å²) in [7, 11) is 0. The second-order valence-corrected chi connectivity index (χ2v) is 5.30. The van der Waals surface area contributed by atoms with Crippen molar-refractivity contribution in [2.24, 2.45) is 5.92 Å². The first-order valence-electron chi connectivity index (χ1n) is 6.80. The maximum Gasteiger partial charge on any atom is 0.358 e. The van der Waals surface area contributed by atoms with Gasteiger partial charge in [0, 0.05) is 0 Å². The Balaban J connectivity index is 2.24. The second-order valence-electron chi connectivity index (χ2n) is 5.30. The van der Waals surface area contributed by atoms with Gasteiger partial charge in [-0.1, -0.05) is 25.5 Å². The van der Waals surface area contributed by atoms with Gasteiger partial charge in [0.25, 0.3) is 0 Å². The van der Waals surface area contributed by atoms with Crippen LogP contribution in [0.1, 0.15) is 68.2 Å². The van der Waals surface area contributed by atoms with Gasteiger partial charge in [0.2, 0.25) is 0 Å².